The maximum absolute atomic E-state index is 11.2. The van der Waals surface area contributed by atoms with Crippen LogP contribution in [0.4, 0.5) is 17.5 Å². The molecule has 0 saturated carbocycles. The number of nitrogens with zero attached hydrogens (tertiary/aromatic N) is 3. The van der Waals surface area contributed by atoms with Gasteiger partial charge in [-0.3, -0.25) is 10.1 Å². The van der Waals surface area contributed by atoms with Gasteiger partial charge in [0.2, 0.25) is 11.8 Å². The molecule has 0 radical (unpaired) electrons. The quantitative estimate of drug-likeness (QED) is 0.625. The molecule has 1 aliphatic heterocycles. The molecule has 2 N–H and O–H groups in total. The molecule has 8 nitrogen and oxygen atoms in total. The first-order valence-electron chi connectivity index (χ1n) is 6.58. The number of anilines is 2. The number of ether oxygens (including phenoxy) is 1. The largest absolute Gasteiger partial charge is 0.379 e. The molecule has 1 aliphatic rings. The van der Waals surface area contributed by atoms with Crippen molar-refractivity contribution in [2.24, 2.45) is 0 Å². The van der Waals surface area contributed by atoms with Gasteiger partial charge in [-0.2, -0.15) is 4.98 Å². The van der Waals surface area contributed by atoms with Crippen LogP contribution < -0.4 is 10.6 Å². The van der Waals surface area contributed by atoms with E-state index in [1.165, 1.54) is 0 Å². The summed E-state index contributed by atoms with van der Waals surface area (Å²) in [6, 6.07) is 0. The summed E-state index contributed by atoms with van der Waals surface area (Å²) in [6.45, 7) is 7.29. The summed E-state index contributed by atoms with van der Waals surface area (Å²) in [4.78, 5) is 19.1. The molecule has 1 aromatic rings. The number of aromatic nitrogens is 2. The summed E-state index contributed by atoms with van der Waals surface area (Å²) < 4.78 is 5.35. The molecule has 110 valence electrons. The van der Waals surface area contributed by atoms with Crippen LogP contribution in [-0.2, 0) is 4.74 Å². The number of hydrogen-bond donors (Lipinski definition) is 2. The second-order valence-corrected chi connectivity index (χ2v) is 5.11. The predicted molar refractivity (Wildman–Crippen MR) is 75.1 cm³/mol. The van der Waals surface area contributed by atoms with Gasteiger partial charge < -0.3 is 15.4 Å². The minimum atomic E-state index is -0.452. The van der Waals surface area contributed by atoms with Crippen molar-refractivity contribution in [2.75, 3.05) is 30.4 Å². The van der Waals surface area contributed by atoms with Gasteiger partial charge >= 0.3 is 5.69 Å². The topological polar surface area (TPSA) is 102 Å². The van der Waals surface area contributed by atoms with E-state index in [-0.39, 0.29) is 17.0 Å². The zero-order chi connectivity index (χ0) is 14.8. The third kappa shape index (κ3) is 2.96. The van der Waals surface area contributed by atoms with E-state index in [2.05, 4.69) is 20.6 Å². The molecule has 2 heterocycles. The molecule has 0 aromatic carbocycles. The molecule has 0 amide bonds. The molecule has 0 spiro atoms. The van der Waals surface area contributed by atoms with E-state index < -0.39 is 4.92 Å². The van der Waals surface area contributed by atoms with E-state index in [0.717, 1.165) is 6.42 Å². The molecule has 2 rings (SSSR count). The lowest BCUT2D eigenvalue weighted by Crippen LogP contribution is -2.35. The first-order chi connectivity index (χ1) is 9.45. The molecular formula is C12H19N5O3. The normalized spacial score (nSPS) is 21.8. The Morgan fingerprint density at radius 1 is 1.50 bits per heavy atom. The van der Waals surface area contributed by atoms with Crippen LogP contribution in [0.1, 0.15) is 26.0 Å². The first kappa shape index (κ1) is 14.4. The molecule has 1 saturated heterocycles. The van der Waals surface area contributed by atoms with E-state index in [0.29, 0.717) is 31.4 Å². The van der Waals surface area contributed by atoms with E-state index in [4.69, 9.17) is 4.74 Å². The van der Waals surface area contributed by atoms with E-state index in [9.17, 15) is 10.1 Å². The zero-order valence-electron chi connectivity index (χ0n) is 11.9. The fraction of sp³-hybridized carbons (Fsp3) is 0.667. The molecule has 8 heteroatoms. The second kappa shape index (κ2) is 5.58. The summed E-state index contributed by atoms with van der Waals surface area (Å²) in [6.07, 6.45) is 0.781. The van der Waals surface area contributed by atoms with Crippen LogP contribution >= 0.6 is 0 Å². The van der Waals surface area contributed by atoms with Crippen LogP contribution in [0.3, 0.4) is 0 Å². The fourth-order valence-corrected chi connectivity index (χ4v) is 2.16. The van der Waals surface area contributed by atoms with Crippen molar-refractivity contribution < 1.29 is 9.66 Å². The lowest BCUT2D eigenvalue weighted by Gasteiger charge is -2.24. The maximum Gasteiger partial charge on any atom is 0.332 e. The Kier molecular flexibility index (Phi) is 4.03. The average molecular weight is 281 g/mol. The van der Waals surface area contributed by atoms with Gasteiger partial charge in [-0.25, -0.2) is 4.98 Å². The summed E-state index contributed by atoms with van der Waals surface area (Å²) in [5.41, 5.74) is -0.0829. The Morgan fingerprint density at radius 3 is 2.80 bits per heavy atom. The van der Waals surface area contributed by atoms with Crippen molar-refractivity contribution in [3.63, 3.8) is 0 Å². The van der Waals surface area contributed by atoms with Gasteiger partial charge in [-0.05, 0) is 27.2 Å². The molecule has 0 bridgehead atoms. The lowest BCUT2D eigenvalue weighted by molar-refractivity contribution is -0.385. The lowest BCUT2D eigenvalue weighted by atomic mass is 10.0. The van der Waals surface area contributed by atoms with Crippen molar-refractivity contribution in [1.29, 1.82) is 0 Å². The Labute approximate surface area is 117 Å². The van der Waals surface area contributed by atoms with E-state index in [1.54, 1.807) is 6.92 Å². The van der Waals surface area contributed by atoms with Crippen molar-refractivity contribution in [1.82, 2.24) is 9.97 Å². The van der Waals surface area contributed by atoms with Gasteiger partial charge in [-0.15, -0.1) is 0 Å². The number of aryl methyl sites for hydroxylation is 1. The Bertz CT molecular complexity index is 514. The summed E-state index contributed by atoms with van der Waals surface area (Å²) in [7, 11) is 0. The Morgan fingerprint density at radius 2 is 2.25 bits per heavy atom. The Hall–Kier alpha value is -1.96. The molecular weight excluding hydrogens is 262 g/mol. The first-order valence-corrected chi connectivity index (χ1v) is 6.58. The third-order valence-electron chi connectivity index (χ3n) is 3.21. The summed E-state index contributed by atoms with van der Waals surface area (Å²) >= 11 is 0. The Balaban J connectivity index is 2.39. The van der Waals surface area contributed by atoms with E-state index >= 15 is 0 Å². The number of nitrogens with one attached hydrogen (secondary N) is 2. The highest BCUT2D eigenvalue weighted by Crippen LogP contribution is 2.31. The maximum atomic E-state index is 11.2. The van der Waals surface area contributed by atoms with E-state index in [1.807, 2.05) is 13.8 Å². The van der Waals surface area contributed by atoms with Crippen LogP contribution in [0, 0.1) is 17.0 Å². The minimum Gasteiger partial charge on any atom is -0.379 e. The average Bonchev–Trinajstić information content (AvgIpc) is 2.75. The fourth-order valence-electron chi connectivity index (χ4n) is 2.16. The van der Waals surface area contributed by atoms with Crippen LogP contribution in [-0.4, -0.2) is 40.2 Å². The molecule has 0 aliphatic carbocycles. The highest BCUT2D eigenvalue weighted by molar-refractivity contribution is 5.62. The molecule has 1 unspecified atom stereocenters. The number of rotatable bonds is 5. The van der Waals surface area contributed by atoms with Gasteiger partial charge in [0.05, 0.1) is 17.1 Å². The molecule has 1 fully saturated rings. The highest BCUT2D eigenvalue weighted by Gasteiger charge is 2.33. The summed E-state index contributed by atoms with van der Waals surface area (Å²) in [5.74, 6) is 0.632. The smallest absolute Gasteiger partial charge is 0.332 e. The number of hydrogen-bond acceptors (Lipinski definition) is 7. The van der Waals surface area contributed by atoms with Gasteiger partial charge in [-0.1, -0.05) is 0 Å². The summed E-state index contributed by atoms with van der Waals surface area (Å²) in [5, 5.41) is 17.3. The number of nitro groups is 1. The van der Waals surface area contributed by atoms with Crippen molar-refractivity contribution in [3.8, 4) is 0 Å². The minimum absolute atomic E-state index is 0.0835. The van der Waals surface area contributed by atoms with Crippen molar-refractivity contribution in [3.05, 3.63) is 15.8 Å². The van der Waals surface area contributed by atoms with Crippen LogP contribution in [0.25, 0.3) is 0 Å². The highest BCUT2D eigenvalue weighted by atomic mass is 16.6. The standard InChI is InChI=1S/C12H19N5O3/c1-4-13-11-14-8(2)9(17(18)19)10(15-11)16-12(3)5-6-20-7-12/h4-7H2,1-3H3,(H2,13,14,15,16). The van der Waals surface area contributed by atoms with Gasteiger partial charge in [0, 0.05) is 13.2 Å². The van der Waals surface area contributed by atoms with Gasteiger partial charge in [0.1, 0.15) is 5.69 Å². The monoisotopic (exact) mass is 281 g/mol. The SMILES string of the molecule is CCNc1nc(C)c([N+](=O)[O-])c(NC2(C)CCOC2)n1. The van der Waals surface area contributed by atoms with Crippen LogP contribution in [0.5, 0.6) is 0 Å². The van der Waals surface area contributed by atoms with Crippen LogP contribution in [0.2, 0.25) is 0 Å². The van der Waals surface area contributed by atoms with Crippen molar-refractivity contribution in [2.45, 2.75) is 32.7 Å². The molecule has 1 atom stereocenters. The second-order valence-electron chi connectivity index (χ2n) is 5.11. The predicted octanol–water partition coefficient (Wildman–Crippen LogP) is 1.72. The van der Waals surface area contributed by atoms with Crippen molar-refractivity contribution >= 4 is 17.5 Å². The zero-order valence-corrected chi connectivity index (χ0v) is 11.9. The molecule has 1 aromatic heterocycles. The van der Waals surface area contributed by atoms with Crippen LogP contribution in [0.15, 0.2) is 0 Å². The molecule has 20 heavy (non-hydrogen) atoms. The van der Waals surface area contributed by atoms with Gasteiger partial charge in [0.25, 0.3) is 0 Å². The third-order valence-corrected chi connectivity index (χ3v) is 3.21. The van der Waals surface area contributed by atoms with Gasteiger partial charge in [0.15, 0.2) is 0 Å².